The molecule has 0 bridgehead atoms. The standard InChI is InChI=1S/C13H16O4/c1-15-11-4-3-9(6-12(11)16-2)5-10-7-13(14)17-8-10/h3-4,6,10H,5,7-8H2,1-2H3/t10-/m0/s1. The summed E-state index contributed by atoms with van der Waals surface area (Å²) in [5.74, 6) is 1.61. The molecule has 1 saturated heterocycles. The maximum atomic E-state index is 11.0. The first-order valence-corrected chi connectivity index (χ1v) is 5.59. The fourth-order valence-electron chi connectivity index (χ4n) is 2.04. The molecule has 17 heavy (non-hydrogen) atoms. The molecule has 1 aliphatic rings. The van der Waals surface area contributed by atoms with Gasteiger partial charge in [-0.3, -0.25) is 4.79 Å². The lowest BCUT2D eigenvalue weighted by atomic mass is 9.98. The topological polar surface area (TPSA) is 44.8 Å². The highest BCUT2D eigenvalue weighted by Gasteiger charge is 2.24. The number of benzene rings is 1. The van der Waals surface area contributed by atoms with E-state index in [2.05, 4.69) is 0 Å². The zero-order valence-corrected chi connectivity index (χ0v) is 10.1. The van der Waals surface area contributed by atoms with Gasteiger partial charge in [-0.25, -0.2) is 0 Å². The molecule has 4 nitrogen and oxygen atoms in total. The zero-order valence-electron chi connectivity index (χ0n) is 10.1. The molecule has 0 amide bonds. The van der Waals surface area contributed by atoms with Gasteiger partial charge in [0.1, 0.15) is 0 Å². The molecule has 0 spiro atoms. The molecule has 1 aromatic rings. The number of hydrogen-bond donors (Lipinski definition) is 0. The normalized spacial score (nSPS) is 18.9. The van der Waals surface area contributed by atoms with Crippen molar-refractivity contribution in [2.24, 2.45) is 5.92 Å². The Morgan fingerprint density at radius 2 is 2.06 bits per heavy atom. The van der Waals surface area contributed by atoms with Crippen molar-refractivity contribution in [3.63, 3.8) is 0 Å². The molecule has 0 radical (unpaired) electrons. The van der Waals surface area contributed by atoms with Crippen molar-refractivity contribution < 1.29 is 19.0 Å². The number of carbonyl (C=O) groups is 1. The van der Waals surface area contributed by atoms with E-state index in [1.165, 1.54) is 0 Å². The second-order valence-corrected chi connectivity index (χ2v) is 4.15. The van der Waals surface area contributed by atoms with Gasteiger partial charge in [-0.2, -0.15) is 0 Å². The highest BCUT2D eigenvalue weighted by molar-refractivity contribution is 5.71. The lowest BCUT2D eigenvalue weighted by Gasteiger charge is -2.11. The summed E-state index contributed by atoms with van der Waals surface area (Å²) >= 11 is 0. The molecule has 1 atom stereocenters. The Morgan fingerprint density at radius 3 is 2.65 bits per heavy atom. The summed E-state index contributed by atoms with van der Waals surface area (Å²) in [6.45, 7) is 0.521. The molecule has 92 valence electrons. The second kappa shape index (κ2) is 5.08. The van der Waals surface area contributed by atoms with E-state index >= 15 is 0 Å². The monoisotopic (exact) mass is 236 g/mol. The van der Waals surface area contributed by atoms with Gasteiger partial charge in [-0.05, 0) is 24.1 Å². The third-order valence-corrected chi connectivity index (χ3v) is 2.91. The van der Waals surface area contributed by atoms with Crippen LogP contribution in [-0.4, -0.2) is 26.8 Å². The van der Waals surface area contributed by atoms with Crippen molar-refractivity contribution in [2.45, 2.75) is 12.8 Å². The fourth-order valence-corrected chi connectivity index (χ4v) is 2.04. The van der Waals surface area contributed by atoms with Gasteiger partial charge in [-0.15, -0.1) is 0 Å². The van der Waals surface area contributed by atoms with Crippen LogP contribution < -0.4 is 9.47 Å². The zero-order chi connectivity index (χ0) is 12.3. The van der Waals surface area contributed by atoms with E-state index in [0.717, 1.165) is 23.5 Å². The van der Waals surface area contributed by atoms with Crippen molar-refractivity contribution in [2.75, 3.05) is 20.8 Å². The van der Waals surface area contributed by atoms with E-state index < -0.39 is 0 Å². The van der Waals surface area contributed by atoms with Crippen molar-refractivity contribution in [1.29, 1.82) is 0 Å². The lowest BCUT2D eigenvalue weighted by Crippen LogP contribution is -2.04. The number of hydrogen-bond acceptors (Lipinski definition) is 4. The molecule has 0 N–H and O–H groups in total. The summed E-state index contributed by atoms with van der Waals surface area (Å²) < 4.78 is 15.4. The molecule has 2 rings (SSSR count). The van der Waals surface area contributed by atoms with Crippen LogP contribution in [0.15, 0.2) is 18.2 Å². The minimum absolute atomic E-state index is 0.101. The molecule has 4 heteroatoms. The average molecular weight is 236 g/mol. The van der Waals surface area contributed by atoms with Crippen LogP contribution in [0.2, 0.25) is 0 Å². The largest absolute Gasteiger partial charge is 0.493 e. The van der Waals surface area contributed by atoms with E-state index in [1.54, 1.807) is 14.2 Å². The number of ether oxygens (including phenoxy) is 3. The molecule has 1 aliphatic heterocycles. The van der Waals surface area contributed by atoms with Gasteiger partial charge in [0, 0.05) is 5.92 Å². The smallest absolute Gasteiger partial charge is 0.306 e. The molecule has 1 fully saturated rings. The van der Waals surface area contributed by atoms with E-state index in [0.29, 0.717) is 13.0 Å². The predicted octanol–water partition coefficient (Wildman–Crippen LogP) is 1.81. The van der Waals surface area contributed by atoms with Gasteiger partial charge in [0.25, 0.3) is 0 Å². The first kappa shape index (κ1) is 11.8. The van der Waals surface area contributed by atoms with Crippen LogP contribution in [0.25, 0.3) is 0 Å². The Bertz CT molecular complexity index is 414. The minimum Gasteiger partial charge on any atom is -0.493 e. The maximum Gasteiger partial charge on any atom is 0.306 e. The Morgan fingerprint density at radius 1 is 1.29 bits per heavy atom. The molecule has 0 aromatic heterocycles. The first-order chi connectivity index (χ1) is 8.22. The van der Waals surface area contributed by atoms with Crippen LogP contribution >= 0.6 is 0 Å². The van der Waals surface area contributed by atoms with Gasteiger partial charge in [-0.1, -0.05) is 6.07 Å². The number of carbonyl (C=O) groups excluding carboxylic acids is 1. The molecular formula is C13H16O4. The highest BCUT2D eigenvalue weighted by atomic mass is 16.5. The number of cyclic esters (lactones) is 1. The summed E-state index contributed by atoms with van der Waals surface area (Å²) in [5.41, 5.74) is 1.13. The summed E-state index contributed by atoms with van der Waals surface area (Å²) in [5, 5.41) is 0. The fraction of sp³-hybridized carbons (Fsp3) is 0.462. The van der Waals surface area contributed by atoms with Gasteiger partial charge in [0.05, 0.1) is 27.2 Å². The van der Waals surface area contributed by atoms with Crippen molar-refractivity contribution in [3.8, 4) is 11.5 Å². The Balaban J connectivity index is 2.08. The predicted molar refractivity (Wildman–Crippen MR) is 62.3 cm³/mol. The molecule has 1 aromatic carbocycles. The molecule has 0 saturated carbocycles. The Kier molecular flexibility index (Phi) is 3.52. The van der Waals surface area contributed by atoms with Crippen molar-refractivity contribution in [1.82, 2.24) is 0 Å². The Labute approximate surface area is 100 Å². The van der Waals surface area contributed by atoms with Crippen LogP contribution in [0.3, 0.4) is 0 Å². The summed E-state index contributed by atoms with van der Waals surface area (Å²) in [7, 11) is 3.23. The van der Waals surface area contributed by atoms with Crippen LogP contribution in [0.1, 0.15) is 12.0 Å². The van der Waals surface area contributed by atoms with Gasteiger partial charge < -0.3 is 14.2 Å². The van der Waals surface area contributed by atoms with Crippen LogP contribution in [-0.2, 0) is 16.0 Å². The minimum atomic E-state index is -0.101. The number of esters is 1. The second-order valence-electron chi connectivity index (χ2n) is 4.15. The highest BCUT2D eigenvalue weighted by Crippen LogP contribution is 2.29. The quantitative estimate of drug-likeness (QED) is 0.748. The number of rotatable bonds is 4. The molecule has 1 heterocycles. The van der Waals surface area contributed by atoms with Crippen molar-refractivity contribution >= 4 is 5.97 Å². The van der Waals surface area contributed by atoms with Crippen LogP contribution in [0, 0.1) is 5.92 Å². The third-order valence-electron chi connectivity index (χ3n) is 2.91. The van der Waals surface area contributed by atoms with Gasteiger partial charge >= 0.3 is 5.97 Å². The van der Waals surface area contributed by atoms with E-state index in [1.807, 2.05) is 18.2 Å². The SMILES string of the molecule is COc1ccc(C[C@@H]2COC(=O)C2)cc1OC. The Hall–Kier alpha value is -1.71. The summed E-state index contributed by atoms with van der Waals surface area (Å²) in [6, 6.07) is 5.82. The van der Waals surface area contributed by atoms with E-state index in [-0.39, 0.29) is 11.9 Å². The average Bonchev–Trinajstić information content (AvgIpc) is 2.74. The molecule has 0 unspecified atom stereocenters. The van der Waals surface area contributed by atoms with Crippen molar-refractivity contribution in [3.05, 3.63) is 23.8 Å². The van der Waals surface area contributed by atoms with Crippen LogP contribution in [0.4, 0.5) is 0 Å². The van der Waals surface area contributed by atoms with Gasteiger partial charge in [0.2, 0.25) is 0 Å². The first-order valence-electron chi connectivity index (χ1n) is 5.59. The maximum absolute atomic E-state index is 11.0. The lowest BCUT2D eigenvalue weighted by molar-refractivity contribution is -0.137. The summed E-state index contributed by atoms with van der Waals surface area (Å²) in [4.78, 5) is 11.0. The van der Waals surface area contributed by atoms with E-state index in [4.69, 9.17) is 14.2 Å². The summed E-state index contributed by atoms with van der Waals surface area (Å²) in [6.07, 6.45) is 1.33. The van der Waals surface area contributed by atoms with E-state index in [9.17, 15) is 4.79 Å². The number of methoxy groups -OCH3 is 2. The third kappa shape index (κ3) is 2.70. The van der Waals surface area contributed by atoms with Gasteiger partial charge in [0.15, 0.2) is 11.5 Å². The molecule has 0 aliphatic carbocycles. The molecular weight excluding hydrogens is 220 g/mol. The van der Waals surface area contributed by atoms with Crippen LogP contribution in [0.5, 0.6) is 11.5 Å².